The highest BCUT2D eigenvalue weighted by Crippen LogP contribution is 2.13. The van der Waals surface area contributed by atoms with E-state index in [1.165, 1.54) is 24.3 Å². The molecule has 21 heavy (non-hydrogen) atoms. The van der Waals surface area contributed by atoms with Crippen LogP contribution in [0.25, 0.3) is 0 Å². The third kappa shape index (κ3) is 4.14. The van der Waals surface area contributed by atoms with E-state index in [0.29, 0.717) is 5.56 Å². The molecule has 1 atom stereocenters. The summed E-state index contributed by atoms with van der Waals surface area (Å²) in [5.41, 5.74) is 1.38. The first-order valence-electron chi connectivity index (χ1n) is 6.18. The van der Waals surface area contributed by atoms with Crippen molar-refractivity contribution in [2.24, 2.45) is 0 Å². The first kappa shape index (κ1) is 15.2. The van der Waals surface area contributed by atoms with Crippen LogP contribution in [0.15, 0.2) is 36.7 Å². The molecule has 3 N–H and O–H groups in total. The normalized spacial score (nSPS) is 13.0. The number of carbonyl (C=O) groups is 1. The molecule has 0 saturated carbocycles. The van der Waals surface area contributed by atoms with Crippen LogP contribution in [0.1, 0.15) is 34.5 Å². The monoisotopic (exact) mass is 309 g/mol. The third-order valence-corrected chi connectivity index (χ3v) is 4.36. The summed E-state index contributed by atoms with van der Waals surface area (Å²) in [6, 6.07) is 5.35. The molecule has 7 nitrogen and oxygen atoms in total. The molecule has 0 aliphatic rings. The van der Waals surface area contributed by atoms with Crippen molar-refractivity contribution >= 4 is 16.0 Å². The molecule has 0 amide bonds. The standard InChI is InChI=1S/C13H15N3O4S/c1-9(12-6-14-15-7-12)16-21(19,20)8-10-2-4-11(5-3-10)13(17)18/h2-7,9,16H,8H2,1H3,(H,14,15)(H,17,18). The van der Waals surface area contributed by atoms with Gasteiger partial charge in [-0.1, -0.05) is 12.1 Å². The predicted octanol–water partition coefficient (Wildman–Crippen LogP) is 1.29. The average molecular weight is 309 g/mol. The summed E-state index contributed by atoms with van der Waals surface area (Å²) in [5, 5.41) is 15.2. The number of aromatic amines is 1. The maximum atomic E-state index is 12.1. The van der Waals surface area contributed by atoms with Crippen LogP contribution >= 0.6 is 0 Å². The number of aromatic nitrogens is 2. The van der Waals surface area contributed by atoms with Crippen LogP contribution in [0.4, 0.5) is 0 Å². The van der Waals surface area contributed by atoms with Crippen molar-refractivity contribution in [3.05, 3.63) is 53.3 Å². The van der Waals surface area contributed by atoms with E-state index in [1.807, 2.05) is 0 Å². The Kier molecular flexibility index (Phi) is 4.39. The number of aromatic carboxylic acids is 1. The Bertz CT molecular complexity index is 708. The number of benzene rings is 1. The second kappa shape index (κ2) is 6.06. The van der Waals surface area contributed by atoms with Crippen LogP contribution in [-0.4, -0.2) is 29.7 Å². The summed E-state index contributed by atoms with van der Waals surface area (Å²) in [6.07, 6.45) is 3.17. The number of rotatable bonds is 6. The molecule has 112 valence electrons. The van der Waals surface area contributed by atoms with E-state index < -0.39 is 22.0 Å². The lowest BCUT2D eigenvalue weighted by atomic mass is 10.1. The highest BCUT2D eigenvalue weighted by Gasteiger charge is 2.17. The largest absolute Gasteiger partial charge is 0.478 e. The number of nitrogens with zero attached hydrogens (tertiary/aromatic N) is 1. The zero-order chi connectivity index (χ0) is 15.5. The van der Waals surface area contributed by atoms with Gasteiger partial charge in [-0.15, -0.1) is 0 Å². The summed E-state index contributed by atoms with van der Waals surface area (Å²) < 4.78 is 26.7. The Hall–Kier alpha value is -2.19. The van der Waals surface area contributed by atoms with Gasteiger partial charge < -0.3 is 5.11 Å². The van der Waals surface area contributed by atoms with Crippen molar-refractivity contribution in [2.75, 3.05) is 0 Å². The Labute approximate surface area is 122 Å². The summed E-state index contributed by atoms with van der Waals surface area (Å²) in [4.78, 5) is 10.7. The summed E-state index contributed by atoms with van der Waals surface area (Å²) >= 11 is 0. The number of H-pyrrole nitrogens is 1. The molecule has 0 aliphatic carbocycles. The lowest BCUT2D eigenvalue weighted by Gasteiger charge is -2.12. The molecule has 1 heterocycles. The minimum atomic E-state index is -3.53. The zero-order valence-corrected chi connectivity index (χ0v) is 12.1. The SMILES string of the molecule is CC(NS(=O)(=O)Cc1ccc(C(=O)O)cc1)c1cn[nH]c1. The number of hydrogen-bond donors (Lipinski definition) is 3. The first-order chi connectivity index (χ1) is 9.87. The Morgan fingerprint density at radius 3 is 2.57 bits per heavy atom. The number of carboxylic acids is 1. The van der Waals surface area contributed by atoms with Crippen LogP contribution in [0.2, 0.25) is 0 Å². The second-order valence-electron chi connectivity index (χ2n) is 4.63. The minimum absolute atomic E-state index is 0.121. The molecule has 0 radical (unpaired) electrons. The fraction of sp³-hybridized carbons (Fsp3) is 0.231. The Morgan fingerprint density at radius 2 is 2.05 bits per heavy atom. The maximum Gasteiger partial charge on any atom is 0.335 e. The minimum Gasteiger partial charge on any atom is -0.478 e. The van der Waals surface area contributed by atoms with Gasteiger partial charge in [-0.25, -0.2) is 17.9 Å². The molecule has 2 aromatic rings. The first-order valence-corrected chi connectivity index (χ1v) is 7.83. The van der Waals surface area contributed by atoms with Crippen LogP contribution < -0.4 is 4.72 Å². The zero-order valence-electron chi connectivity index (χ0n) is 11.3. The fourth-order valence-corrected chi connectivity index (χ4v) is 3.23. The predicted molar refractivity (Wildman–Crippen MR) is 76.2 cm³/mol. The van der Waals surface area contributed by atoms with E-state index in [1.54, 1.807) is 19.3 Å². The molecule has 8 heteroatoms. The lowest BCUT2D eigenvalue weighted by molar-refractivity contribution is 0.0697. The molecule has 1 aromatic heterocycles. The molecule has 0 saturated heterocycles. The van der Waals surface area contributed by atoms with E-state index >= 15 is 0 Å². The van der Waals surface area contributed by atoms with Gasteiger partial charge in [0.1, 0.15) is 0 Å². The smallest absolute Gasteiger partial charge is 0.335 e. The molecule has 1 unspecified atom stereocenters. The summed E-state index contributed by atoms with van der Waals surface area (Å²) in [6.45, 7) is 1.72. The van der Waals surface area contributed by atoms with E-state index in [9.17, 15) is 13.2 Å². The van der Waals surface area contributed by atoms with Crippen LogP contribution in [-0.2, 0) is 15.8 Å². The van der Waals surface area contributed by atoms with Crippen LogP contribution in [0.3, 0.4) is 0 Å². The van der Waals surface area contributed by atoms with Gasteiger partial charge in [-0.2, -0.15) is 5.10 Å². The van der Waals surface area contributed by atoms with Crippen molar-refractivity contribution in [1.82, 2.24) is 14.9 Å². The summed E-state index contributed by atoms with van der Waals surface area (Å²) in [5.74, 6) is -1.26. The van der Waals surface area contributed by atoms with Gasteiger partial charge in [0.05, 0.1) is 17.5 Å². The van der Waals surface area contributed by atoms with Crippen molar-refractivity contribution < 1.29 is 18.3 Å². The Morgan fingerprint density at radius 1 is 1.38 bits per heavy atom. The van der Waals surface area contributed by atoms with Crippen LogP contribution in [0, 0.1) is 0 Å². The fourth-order valence-electron chi connectivity index (χ4n) is 1.84. The van der Waals surface area contributed by atoms with Crippen molar-refractivity contribution in [2.45, 2.75) is 18.7 Å². The van der Waals surface area contributed by atoms with E-state index in [-0.39, 0.29) is 11.3 Å². The van der Waals surface area contributed by atoms with Gasteiger partial charge in [0.15, 0.2) is 0 Å². The van der Waals surface area contributed by atoms with Gasteiger partial charge in [-0.05, 0) is 24.6 Å². The molecular formula is C13H15N3O4S. The van der Waals surface area contributed by atoms with Gasteiger partial charge >= 0.3 is 5.97 Å². The molecule has 0 bridgehead atoms. The number of nitrogens with one attached hydrogen (secondary N) is 2. The number of carboxylic acid groups (broad SMARTS) is 1. The highest BCUT2D eigenvalue weighted by atomic mass is 32.2. The number of hydrogen-bond acceptors (Lipinski definition) is 4. The van der Waals surface area contributed by atoms with Gasteiger partial charge in [0.2, 0.25) is 10.0 Å². The molecule has 1 aromatic carbocycles. The van der Waals surface area contributed by atoms with Crippen molar-refractivity contribution in [3.8, 4) is 0 Å². The van der Waals surface area contributed by atoms with Crippen molar-refractivity contribution in [1.29, 1.82) is 0 Å². The molecule has 0 fully saturated rings. The molecule has 0 spiro atoms. The second-order valence-corrected chi connectivity index (χ2v) is 6.39. The number of sulfonamides is 1. The van der Waals surface area contributed by atoms with Gasteiger partial charge in [-0.3, -0.25) is 5.10 Å². The van der Waals surface area contributed by atoms with Crippen LogP contribution in [0.5, 0.6) is 0 Å². The highest BCUT2D eigenvalue weighted by molar-refractivity contribution is 7.88. The van der Waals surface area contributed by atoms with Gasteiger partial charge in [0.25, 0.3) is 0 Å². The maximum absolute atomic E-state index is 12.1. The van der Waals surface area contributed by atoms with E-state index in [4.69, 9.17) is 5.11 Å². The van der Waals surface area contributed by atoms with E-state index in [2.05, 4.69) is 14.9 Å². The topological polar surface area (TPSA) is 112 Å². The molecule has 0 aliphatic heterocycles. The molecular weight excluding hydrogens is 294 g/mol. The average Bonchev–Trinajstić information content (AvgIpc) is 2.92. The molecule has 2 rings (SSSR count). The van der Waals surface area contributed by atoms with E-state index in [0.717, 1.165) is 5.56 Å². The lowest BCUT2D eigenvalue weighted by Crippen LogP contribution is -2.27. The quantitative estimate of drug-likeness (QED) is 0.744. The Balaban J connectivity index is 2.05. The summed E-state index contributed by atoms with van der Waals surface area (Å²) in [7, 11) is -3.53. The van der Waals surface area contributed by atoms with Crippen molar-refractivity contribution in [3.63, 3.8) is 0 Å². The van der Waals surface area contributed by atoms with Gasteiger partial charge in [0, 0.05) is 17.8 Å². The third-order valence-electron chi connectivity index (χ3n) is 2.93.